The Morgan fingerprint density at radius 1 is 0.743 bits per heavy atom. The van der Waals surface area contributed by atoms with Crippen LogP contribution in [0.25, 0.3) is 33.8 Å². The smallest absolute Gasteiger partial charge is 0.224 e. The zero-order valence-electron chi connectivity index (χ0n) is 18.4. The van der Waals surface area contributed by atoms with Crippen molar-refractivity contribution in [3.63, 3.8) is 0 Å². The molecule has 1 aromatic heterocycles. The molecule has 3 nitrogen and oxygen atoms in total. The van der Waals surface area contributed by atoms with E-state index in [0.29, 0.717) is 33.2 Å². The fourth-order valence-electron chi connectivity index (χ4n) is 3.89. The summed E-state index contributed by atoms with van der Waals surface area (Å²) in [5, 5.41) is 10.7. The molecule has 0 saturated carbocycles. The van der Waals surface area contributed by atoms with Crippen LogP contribution in [0.3, 0.4) is 0 Å². The molecule has 0 aliphatic rings. The normalized spacial score (nSPS) is 10.6. The molecule has 168 valence electrons. The number of rotatable bonds is 5. The minimum atomic E-state index is -0.110. The van der Waals surface area contributed by atoms with E-state index in [4.69, 9.17) is 16.0 Å². The minimum Gasteiger partial charge on any atom is -0.454 e. The van der Waals surface area contributed by atoms with Crippen LogP contribution in [0.4, 0.5) is 0 Å². The number of nitriles is 1. The Kier molecular flexibility index (Phi) is 6.54. The van der Waals surface area contributed by atoms with Crippen LogP contribution in [-0.4, -0.2) is 5.12 Å². The van der Waals surface area contributed by atoms with Gasteiger partial charge in [0, 0.05) is 37.7 Å². The molecule has 0 atom stereocenters. The molecule has 0 N–H and O–H groups in total. The highest BCUT2D eigenvalue weighted by Gasteiger charge is 2.26. The monoisotopic (exact) mass is 491 g/mol. The molecule has 5 rings (SSSR count). The van der Waals surface area contributed by atoms with Crippen molar-refractivity contribution in [3.05, 3.63) is 125 Å². The van der Waals surface area contributed by atoms with Crippen molar-refractivity contribution in [3.8, 4) is 39.8 Å². The van der Waals surface area contributed by atoms with Crippen LogP contribution in [0.1, 0.15) is 15.9 Å². The number of thioether (sulfide) groups is 1. The van der Waals surface area contributed by atoms with Gasteiger partial charge in [0.15, 0.2) is 5.76 Å². The van der Waals surface area contributed by atoms with E-state index in [-0.39, 0.29) is 5.12 Å². The maximum absolute atomic E-state index is 13.1. The average Bonchev–Trinajstić information content (AvgIpc) is 3.30. The van der Waals surface area contributed by atoms with Crippen LogP contribution in [0, 0.1) is 11.3 Å². The van der Waals surface area contributed by atoms with E-state index in [1.54, 1.807) is 24.3 Å². The van der Waals surface area contributed by atoms with Gasteiger partial charge in [-0.15, -0.1) is 0 Å². The molecule has 0 spiro atoms. The Morgan fingerprint density at radius 2 is 1.31 bits per heavy atom. The number of carbonyl (C=O) groups excluding carboxylic acids is 1. The van der Waals surface area contributed by atoms with Gasteiger partial charge in [0.25, 0.3) is 0 Å². The lowest BCUT2D eigenvalue weighted by Gasteiger charge is -2.10. The van der Waals surface area contributed by atoms with Crippen LogP contribution < -0.4 is 0 Å². The van der Waals surface area contributed by atoms with Gasteiger partial charge in [-0.2, -0.15) is 5.26 Å². The second-order valence-corrected chi connectivity index (χ2v) is 9.20. The predicted octanol–water partition coefficient (Wildman–Crippen LogP) is 8.74. The Balaban J connectivity index is 1.69. The summed E-state index contributed by atoms with van der Waals surface area (Å²) in [7, 11) is 0. The third kappa shape index (κ3) is 4.65. The van der Waals surface area contributed by atoms with Crippen LogP contribution in [-0.2, 0) is 0 Å². The van der Waals surface area contributed by atoms with Gasteiger partial charge in [0.1, 0.15) is 17.4 Å². The van der Waals surface area contributed by atoms with Crippen molar-refractivity contribution in [1.82, 2.24) is 0 Å². The molecule has 1 heterocycles. The van der Waals surface area contributed by atoms with E-state index in [0.717, 1.165) is 33.3 Å². The molecular weight excluding hydrogens is 474 g/mol. The highest BCUT2D eigenvalue weighted by Crippen LogP contribution is 2.45. The zero-order chi connectivity index (χ0) is 24.2. The highest BCUT2D eigenvalue weighted by atomic mass is 35.5. The van der Waals surface area contributed by atoms with Crippen LogP contribution in [0.5, 0.6) is 0 Å². The van der Waals surface area contributed by atoms with Crippen LogP contribution in [0.2, 0.25) is 5.02 Å². The largest absolute Gasteiger partial charge is 0.454 e. The van der Waals surface area contributed by atoms with Crippen molar-refractivity contribution in [2.75, 3.05) is 0 Å². The van der Waals surface area contributed by atoms with Crippen molar-refractivity contribution in [2.45, 2.75) is 4.90 Å². The van der Waals surface area contributed by atoms with Crippen LogP contribution in [0.15, 0.2) is 119 Å². The maximum atomic E-state index is 13.1. The Hall–Kier alpha value is -4.04. The average molecular weight is 492 g/mol. The standard InChI is InChI=1S/C30H18ClNO2S/c31-23-17-15-22(16-18-23)30(33)35-26-14-8-7-13-24(26)27-25(19-32)28(20-9-3-1-4-10-20)34-29(27)21-11-5-2-6-12-21/h1-18H. The molecule has 0 saturated heterocycles. The van der Waals surface area contributed by atoms with Crippen molar-refractivity contribution < 1.29 is 9.21 Å². The number of furan rings is 1. The van der Waals surface area contributed by atoms with Gasteiger partial charge in [-0.05, 0) is 42.1 Å². The number of hydrogen-bond donors (Lipinski definition) is 0. The lowest BCUT2D eigenvalue weighted by molar-refractivity contribution is 0.108. The molecule has 0 unspecified atom stereocenters. The van der Waals surface area contributed by atoms with Gasteiger partial charge >= 0.3 is 0 Å². The molecule has 4 aromatic carbocycles. The maximum Gasteiger partial charge on any atom is 0.224 e. The summed E-state index contributed by atoms with van der Waals surface area (Å²) in [6, 6.07) is 36.1. The van der Waals surface area contributed by atoms with E-state index in [2.05, 4.69) is 6.07 Å². The Labute approximate surface area is 212 Å². The number of benzene rings is 4. The van der Waals surface area contributed by atoms with E-state index in [1.165, 1.54) is 0 Å². The minimum absolute atomic E-state index is 0.110. The molecule has 0 bridgehead atoms. The molecule has 5 heteroatoms. The summed E-state index contributed by atoms with van der Waals surface area (Å²) >= 11 is 7.10. The third-order valence-corrected chi connectivity index (χ3v) is 6.78. The summed E-state index contributed by atoms with van der Waals surface area (Å²) in [6.45, 7) is 0. The SMILES string of the molecule is N#Cc1c(-c2ccccc2)oc(-c2ccccc2)c1-c1ccccc1SC(=O)c1ccc(Cl)cc1. The molecular formula is C30H18ClNO2S. The summed E-state index contributed by atoms with van der Waals surface area (Å²) in [5.41, 5.74) is 4.09. The van der Waals surface area contributed by atoms with Gasteiger partial charge < -0.3 is 4.42 Å². The van der Waals surface area contributed by atoms with E-state index in [1.807, 2.05) is 84.9 Å². The van der Waals surface area contributed by atoms with Crippen molar-refractivity contribution in [2.24, 2.45) is 0 Å². The van der Waals surface area contributed by atoms with E-state index < -0.39 is 0 Å². The quantitative estimate of drug-likeness (QED) is 0.230. The first-order valence-corrected chi connectivity index (χ1v) is 12.1. The van der Waals surface area contributed by atoms with Crippen molar-refractivity contribution >= 4 is 28.5 Å². The topological polar surface area (TPSA) is 54.0 Å². The summed E-state index contributed by atoms with van der Waals surface area (Å²) in [6.07, 6.45) is 0. The molecule has 0 aliphatic carbocycles. The molecule has 0 aliphatic heterocycles. The first-order chi connectivity index (χ1) is 17.2. The van der Waals surface area contributed by atoms with Crippen LogP contribution >= 0.6 is 23.4 Å². The lowest BCUT2D eigenvalue weighted by atomic mass is 9.96. The third-order valence-electron chi connectivity index (χ3n) is 5.53. The van der Waals surface area contributed by atoms with E-state index in [9.17, 15) is 10.1 Å². The molecule has 0 amide bonds. The molecule has 0 radical (unpaired) electrons. The second kappa shape index (κ2) is 10.1. The van der Waals surface area contributed by atoms with Crippen molar-refractivity contribution in [1.29, 1.82) is 5.26 Å². The highest BCUT2D eigenvalue weighted by molar-refractivity contribution is 8.14. The molecule has 5 aromatic rings. The predicted molar refractivity (Wildman–Crippen MR) is 141 cm³/mol. The summed E-state index contributed by atoms with van der Waals surface area (Å²) < 4.78 is 6.39. The van der Waals surface area contributed by atoms with E-state index >= 15 is 0 Å². The molecule has 0 fully saturated rings. The van der Waals surface area contributed by atoms with Gasteiger partial charge in [-0.1, -0.05) is 90.5 Å². The second-order valence-electron chi connectivity index (χ2n) is 7.75. The first-order valence-electron chi connectivity index (χ1n) is 10.9. The summed E-state index contributed by atoms with van der Waals surface area (Å²) in [5.74, 6) is 1.10. The molecule has 35 heavy (non-hydrogen) atoms. The lowest BCUT2D eigenvalue weighted by Crippen LogP contribution is -1.94. The fraction of sp³-hybridized carbons (Fsp3) is 0. The van der Waals surface area contributed by atoms with Gasteiger partial charge in [-0.3, -0.25) is 4.79 Å². The Morgan fingerprint density at radius 3 is 1.94 bits per heavy atom. The fourth-order valence-corrected chi connectivity index (χ4v) is 4.89. The number of carbonyl (C=O) groups is 1. The zero-order valence-corrected chi connectivity index (χ0v) is 20.0. The number of hydrogen-bond acceptors (Lipinski definition) is 4. The van der Waals surface area contributed by atoms with Gasteiger partial charge in [-0.25, -0.2) is 0 Å². The first kappa shape index (κ1) is 22.7. The van der Waals surface area contributed by atoms with Gasteiger partial charge in [0.05, 0.1) is 0 Å². The number of halogens is 1. The summed E-state index contributed by atoms with van der Waals surface area (Å²) in [4.78, 5) is 13.8. The Bertz CT molecular complexity index is 1540. The number of nitrogens with zero attached hydrogens (tertiary/aromatic N) is 1. The van der Waals surface area contributed by atoms with Gasteiger partial charge in [0.2, 0.25) is 5.12 Å².